The van der Waals surface area contributed by atoms with Crippen molar-refractivity contribution in [3.63, 3.8) is 0 Å². The van der Waals surface area contributed by atoms with Crippen molar-refractivity contribution in [3.05, 3.63) is 66.6 Å². The molecular weight excluding hydrogens is 432 g/mol. The minimum absolute atomic E-state index is 0.00423. The summed E-state index contributed by atoms with van der Waals surface area (Å²) < 4.78 is 17.1. The normalized spacial score (nSPS) is 10.9. The van der Waals surface area contributed by atoms with Crippen molar-refractivity contribution in [3.8, 4) is 11.5 Å². The first-order chi connectivity index (χ1) is 15.2. The molecule has 0 aliphatic heterocycles. The van der Waals surface area contributed by atoms with Crippen LogP contribution in [0.3, 0.4) is 0 Å². The Balaban J connectivity index is 1.51. The second kappa shape index (κ2) is 9.89. The van der Waals surface area contributed by atoms with Crippen LogP contribution in [0.15, 0.2) is 70.2 Å². The number of hydrogen-bond donors (Lipinski definition) is 0. The number of methoxy groups -OCH3 is 2. The van der Waals surface area contributed by atoms with Crippen molar-refractivity contribution in [2.75, 3.05) is 24.9 Å². The molecule has 0 unspecified atom stereocenters. The average molecular weight is 455 g/mol. The van der Waals surface area contributed by atoms with E-state index in [0.717, 1.165) is 20.9 Å². The summed E-state index contributed by atoms with van der Waals surface area (Å²) in [6, 6.07) is 17.3. The summed E-state index contributed by atoms with van der Waals surface area (Å²) in [5.74, 6) is 2.88. The fraction of sp³-hybridized carbons (Fsp3) is 0.217. The third kappa shape index (κ3) is 5.03. The van der Waals surface area contributed by atoms with Crippen LogP contribution < -0.4 is 14.4 Å². The van der Waals surface area contributed by atoms with Crippen LogP contribution in [0.25, 0.3) is 10.2 Å². The molecular formula is C23H22N2O4S2. The standard InChI is InChI=1S/C23H22N2O4S2/c1-27-16-8-10-18(11-9-16)30-14-12-21(26)25(15-17-5-4-13-29-17)23-24-22-19(28-2)6-3-7-20(22)31-23/h3-11,13H,12,14-15H2,1-2H3. The number of anilines is 1. The lowest BCUT2D eigenvalue weighted by Crippen LogP contribution is -2.30. The number of hydrogen-bond acceptors (Lipinski definition) is 7. The number of para-hydroxylation sites is 1. The van der Waals surface area contributed by atoms with Gasteiger partial charge in [0.1, 0.15) is 22.8 Å². The molecule has 4 rings (SSSR count). The Hall–Kier alpha value is -2.97. The molecule has 0 aliphatic carbocycles. The van der Waals surface area contributed by atoms with E-state index >= 15 is 0 Å². The van der Waals surface area contributed by atoms with Gasteiger partial charge in [-0.05, 0) is 48.5 Å². The summed E-state index contributed by atoms with van der Waals surface area (Å²) in [5.41, 5.74) is 0.759. The molecule has 160 valence electrons. The molecule has 4 aromatic rings. The van der Waals surface area contributed by atoms with Crippen LogP contribution in [0.4, 0.5) is 5.13 Å². The minimum atomic E-state index is -0.00423. The number of thiazole rings is 1. The number of thioether (sulfide) groups is 1. The van der Waals surface area contributed by atoms with Gasteiger partial charge in [0, 0.05) is 17.1 Å². The average Bonchev–Trinajstić information content (AvgIpc) is 3.47. The van der Waals surface area contributed by atoms with Crippen molar-refractivity contribution in [1.29, 1.82) is 0 Å². The van der Waals surface area contributed by atoms with E-state index in [0.29, 0.717) is 35.4 Å². The summed E-state index contributed by atoms with van der Waals surface area (Å²) in [4.78, 5) is 20.7. The summed E-state index contributed by atoms with van der Waals surface area (Å²) in [5, 5.41) is 0.635. The fourth-order valence-corrected chi connectivity index (χ4v) is 4.92. The Kier molecular flexibility index (Phi) is 6.79. The van der Waals surface area contributed by atoms with E-state index in [2.05, 4.69) is 0 Å². The lowest BCUT2D eigenvalue weighted by molar-refractivity contribution is -0.118. The van der Waals surface area contributed by atoms with E-state index in [1.165, 1.54) is 11.3 Å². The monoisotopic (exact) mass is 454 g/mol. The van der Waals surface area contributed by atoms with Gasteiger partial charge in [-0.3, -0.25) is 9.69 Å². The number of nitrogens with zero attached hydrogens (tertiary/aromatic N) is 2. The molecule has 0 spiro atoms. The van der Waals surface area contributed by atoms with Crippen molar-refractivity contribution in [1.82, 2.24) is 4.98 Å². The maximum Gasteiger partial charge on any atom is 0.230 e. The number of amides is 1. The van der Waals surface area contributed by atoms with Crippen molar-refractivity contribution >= 4 is 44.4 Å². The molecule has 0 bridgehead atoms. The maximum absolute atomic E-state index is 13.2. The van der Waals surface area contributed by atoms with E-state index < -0.39 is 0 Å². The Morgan fingerprint density at radius 2 is 1.94 bits per heavy atom. The van der Waals surface area contributed by atoms with Crippen LogP contribution in [-0.2, 0) is 11.3 Å². The Bertz CT molecular complexity index is 1140. The lowest BCUT2D eigenvalue weighted by Gasteiger charge is -2.18. The Morgan fingerprint density at radius 3 is 2.65 bits per heavy atom. The van der Waals surface area contributed by atoms with Gasteiger partial charge in [0.25, 0.3) is 0 Å². The first-order valence-electron chi connectivity index (χ1n) is 9.71. The third-order valence-electron chi connectivity index (χ3n) is 4.66. The Labute approximate surface area is 188 Å². The summed E-state index contributed by atoms with van der Waals surface area (Å²) in [7, 11) is 3.27. The lowest BCUT2D eigenvalue weighted by atomic mass is 10.3. The van der Waals surface area contributed by atoms with E-state index in [1.54, 1.807) is 37.1 Å². The van der Waals surface area contributed by atoms with Gasteiger partial charge in [-0.1, -0.05) is 17.4 Å². The first kappa shape index (κ1) is 21.3. The predicted molar refractivity (Wildman–Crippen MR) is 124 cm³/mol. The second-order valence-corrected chi connectivity index (χ2v) is 8.81. The molecule has 1 amide bonds. The Morgan fingerprint density at radius 1 is 1.10 bits per heavy atom. The molecule has 2 aromatic heterocycles. The minimum Gasteiger partial charge on any atom is -0.497 e. The van der Waals surface area contributed by atoms with E-state index in [9.17, 15) is 4.79 Å². The fourth-order valence-electron chi connectivity index (χ4n) is 3.08. The highest BCUT2D eigenvalue weighted by Crippen LogP contribution is 2.35. The van der Waals surface area contributed by atoms with Gasteiger partial charge in [-0.2, -0.15) is 0 Å². The zero-order valence-electron chi connectivity index (χ0n) is 17.2. The molecule has 0 aliphatic rings. The number of benzene rings is 2. The highest BCUT2D eigenvalue weighted by Gasteiger charge is 2.22. The molecule has 0 saturated heterocycles. The first-order valence-corrected chi connectivity index (χ1v) is 11.5. The SMILES string of the molecule is COc1ccc(SCCC(=O)N(Cc2ccco2)c2nc3c(OC)cccc3s2)cc1. The number of furan rings is 1. The number of ether oxygens (including phenoxy) is 2. The number of aromatic nitrogens is 1. The van der Waals surface area contributed by atoms with E-state index in [-0.39, 0.29) is 5.91 Å². The van der Waals surface area contributed by atoms with Gasteiger partial charge < -0.3 is 13.9 Å². The van der Waals surface area contributed by atoms with Crippen LogP contribution in [-0.4, -0.2) is 30.9 Å². The highest BCUT2D eigenvalue weighted by atomic mass is 32.2. The third-order valence-corrected chi connectivity index (χ3v) is 6.72. The zero-order chi connectivity index (χ0) is 21.6. The second-order valence-electron chi connectivity index (χ2n) is 6.64. The topological polar surface area (TPSA) is 64.8 Å². The molecule has 0 atom stereocenters. The van der Waals surface area contributed by atoms with Gasteiger partial charge >= 0.3 is 0 Å². The van der Waals surface area contributed by atoms with E-state index in [1.807, 2.05) is 54.6 Å². The van der Waals surface area contributed by atoms with E-state index in [4.69, 9.17) is 18.9 Å². The maximum atomic E-state index is 13.2. The highest BCUT2D eigenvalue weighted by molar-refractivity contribution is 7.99. The predicted octanol–water partition coefficient (Wildman–Crippen LogP) is 5.62. The number of rotatable bonds is 9. The van der Waals surface area contributed by atoms with Gasteiger partial charge in [-0.15, -0.1) is 11.8 Å². The van der Waals surface area contributed by atoms with Crippen molar-refractivity contribution < 1.29 is 18.7 Å². The van der Waals surface area contributed by atoms with Crippen LogP contribution in [0.5, 0.6) is 11.5 Å². The summed E-state index contributed by atoms with van der Waals surface area (Å²) in [6.07, 6.45) is 1.99. The van der Waals surface area contributed by atoms with Crippen LogP contribution >= 0.6 is 23.1 Å². The number of fused-ring (bicyclic) bond motifs is 1. The van der Waals surface area contributed by atoms with Crippen LogP contribution in [0, 0.1) is 0 Å². The largest absolute Gasteiger partial charge is 0.497 e. The molecule has 2 heterocycles. The quantitative estimate of drug-likeness (QED) is 0.306. The summed E-state index contributed by atoms with van der Waals surface area (Å²) >= 11 is 3.11. The van der Waals surface area contributed by atoms with Gasteiger partial charge in [0.15, 0.2) is 5.13 Å². The summed E-state index contributed by atoms with van der Waals surface area (Å²) in [6.45, 7) is 0.334. The van der Waals surface area contributed by atoms with Crippen LogP contribution in [0.1, 0.15) is 12.2 Å². The van der Waals surface area contributed by atoms with Crippen LogP contribution in [0.2, 0.25) is 0 Å². The number of carbonyl (C=O) groups excluding carboxylic acids is 1. The molecule has 0 saturated carbocycles. The van der Waals surface area contributed by atoms with Gasteiger partial charge in [0.2, 0.25) is 5.91 Å². The number of carbonyl (C=O) groups is 1. The molecule has 6 nitrogen and oxygen atoms in total. The van der Waals surface area contributed by atoms with Gasteiger partial charge in [-0.25, -0.2) is 4.98 Å². The molecule has 0 N–H and O–H groups in total. The molecule has 0 fully saturated rings. The van der Waals surface area contributed by atoms with Crippen molar-refractivity contribution in [2.45, 2.75) is 17.9 Å². The van der Waals surface area contributed by atoms with Gasteiger partial charge in [0.05, 0.1) is 31.7 Å². The molecule has 0 radical (unpaired) electrons. The molecule has 31 heavy (non-hydrogen) atoms. The zero-order valence-corrected chi connectivity index (χ0v) is 18.9. The van der Waals surface area contributed by atoms with Crippen molar-refractivity contribution in [2.24, 2.45) is 0 Å². The molecule has 8 heteroatoms. The smallest absolute Gasteiger partial charge is 0.230 e. The molecule has 2 aromatic carbocycles.